The van der Waals surface area contributed by atoms with Crippen molar-refractivity contribution in [2.45, 2.75) is 13.5 Å². The molecular weight excluding hydrogens is 368 g/mol. The molecular formula is C17H19BrN6. The first-order chi connectivity index (χ1) is 11.1. The number of aryl methyl sites for hydroxylation is 2. The number of hydrogen-bond acceptors (Lipinski definition) is 4. The van der Waals surface area contributed by atoms with Crippen molar-refractivity contribution < 1.29 is 21.5 Å². The van der Waals surface area contributed by atoms with Crippen molar-refractivity contribution in [2.75, 3.05) is 5.73 Å². The standard InChI is InChI=1S/C17H19N6.BrH/c1-13-5-7-15(8-6-13)20-21-16-10-19-23(17(16)18)12-14-4-3-9-22(2)11-14;/h3-11H,12,18H2,1-2H3;1H/q+1;/p-1/b21-20+;. The summed E-state index contributed by atoms with van der Waals surface area (Å²) in [7, 11) is 1.98. The number of halogens is 1. The Labute approximate surface area is 151 Å². The van der Waals surface area contributed by atoms with Gasteiger partial charge in [-0.25, -0.2) is 9.25 Å². The van der Waals surface area contributed by atoms with Crippen LogP contribution in [-0.2, 0) is 13.6 Å². The van der Waals surface area contributed by atoms with Crippen LogP contribution in [0.4, 0.5) is 17.2 Å². The number of nitrogen functional groups attached to an aromatic ring is 1. The van der Waals surface area contributed by atoms with Crippen LogP contribution in [0.15, 0.2) is 65.2 Å². The summed E-state index contributed by atoms with van der Waals surface area (Å²) in [5, 5.41) is 12.7. The van der Waals surface area contributed by atoms with Crippen molar-refractivity contribution in [1.82, 2.24) is 9.78 Å². The van der Waals surface area contributed by atoms with Crippen LogP contribution in [0.1, 0.15) is 11.1 Å². The number of hydrogen-bond donors (Lipinski definition) is 1. The normalized spacial score (nSPS) is 10.8. The number of benzene rings is 1. The maximum absolute atomic E-state index is 6.12. The number of anilines is 1. The molecule has 24 heavy (non-hydrogen) atoms. The van der Waals surface area contributed by atoms with E-state index in [1.165, 1.54) is 5.56 Å². The highest BCUT2D eigenvalue weighted by molar-refractivity contribution is 5.56. The van der Waals surface area contributed by atoms with Gasteiger partial charge in [0, 0.05) is 11.6 Å². The molecule has 0 unspecified atom stereocenters. The summed E-state index contributed by atoms with van der Waals surface area (Å²) in [4.78, 5) is 0. The molecule has 1 aromatic carbocycles. The van der Waals surface area contributed by atoms with Crippen LogP contribution >= 0.6 is 0 Å². The third-order valence-electron chi connectivity index (χ3n) is 3.50. The third kappa shape index (κ3) is 4.26. The van der Waals surface area contributed by atoms with Crippen molar-refractivity contribution in [2.24, 2.45) is 17.3 Å². The zero-order valence-electron chi connectivity index (χ0n) is 13.6. The van der Waals surface area contributed by atoms with Crippen LogP contribution in [-0.4, -0.2) is 9.78 Å². The van der Waals surface area contributed by atoms with Crippen molar-refractivity contribution >= 4 is 17.2 Å². The predicted octanol–water partition coefficient (Wildman–Crippen LogP) is 0.0659. The van der Waals surface area contributed by atoms with Gasteiger partial charge in [0.05, 0.1) is 18.4 Å². The molecule has 7 heteroatoms. The van der Waals surface area contributed by atoms with Gasteiger partial charge in [0.25, 0.3) is 0 Å². The summed E-state index contributed by atoms with van der Waals surface area (Å²) >= 11 is 0. The Balaban J connectivity index is 0.00000208. The van der Waals surface area contributed by atoms with Crippen molar-refractivity contribution in [3.05, 3.63) is 66.1 Å². The van der Waals surface area contributed by atoms with Gasteiger partial charge in [-0.1, -0.05) is 17.7 Å². The van der Waals surface area contributed by atoms with Gasteiger partial charge in [-0.15, -0.1) is 5.11 Å². The summed E-state index contributed by atoms with van der Waals surface area (Å²) in [5.74, 6) is 0.507. The summed E-state index contributed by atoms with van der Waals surface area (Å²) in [6.45, 7) is 2.63. The van der Waals surface area contributed by atoms with E-state index in [0.717, 1.165) is 11.3 Å². The molecule has 0 aliphatic carbocycles. The van der Waals surface area contributed by atoms with E-state index in [-0.39, 0.29) is 17.0 Å². The minimum absolute atomic E-state index is 0. The second kappa shape index (κ2) is 7.83. The Kier molecular flexibility index (Phi) is 5.81. The minimum atomic E-state index is 0. The van der Waals surface area contributed by atoms with Gasteiger partial charge in [0.15, 0.2) is 12.4 Å². The quantitative estimate of drug-likeness (QED) is 0.508. The van der Waals surface area contributed by atoms with Crippen molar-refractivity contribution in [3.8, 4) is 0 Å². The first kappa shape index (κ1) is 17.8. The molecule has 3 rings (SSSR count). The number of aromatic nitrogens is 3. The van der Waals surface area contributed by atoms with Crippen LogP contribution < -0.4 is 27.3 Å². The maximum Gasteiger partial charge on any atom is 0.173 e. The fraction of sp³-hybridized carbons (Fsp3) is 0.176. The van der Waals surface area contributed by atoms with E-state index in [4.69, 9.17) is 5.73 Å². The van der Waals surface area contributed by atoms with E-state index in [2.05, 4.69) is 15.3 Å². The number of nitrogens with two attached hydrogens (primary N) is 1. The molecule has 0 spiro atoms. The fourth-order valence-electron chi connectivity index (χ4n) is 2.23. The van der Waals surface area contributed by atoms with Gasteiger partial charge in [-0.05, 0) is 25.1 Å². The first-order valence-corrected chi connectivity index (χ1v) is 7.36. The van der Waals surface area contributed by atoms with Gasteiger partial charge < -0.3 is 22.7 Å². The number of azo groups is 1. The van der Waals surface area contributed by atoms with Crippen molar-refractivity contribution in [3.63, 3.8) is 0 Å². The average molecular weight is 387 g/mol. The largest absolute Gasteiger partial charge is 1.00 e. The minimum Gasteiger partial charge on any atom is -1.00 e. The summed E-state index contributed by atoms with van der Waals surface area (Å²) in [5.41, 5.74) is 9.79. The van der Waals surface area contributed by atoms with E-state index >= 15 is 0 Å². The molecule has 124 valence electrons. The second-order valence-electron chi connectivity index (χ2n) is 5.49. The summed E-state index contributed by atoms with van der Waals surface area (Å²) < 4.78 is 3.71. The topological polar surface area (TPSA) is 72.4 Å². The van der Waals surface area contributed by atoms with E-state index in [1.54, 1.807) is 10.9 Å². The third-order valence-corrected chi connectivity index (χ3v) is 3.50. The van der Waals surface area contributed by atoms with Gasteiger partial charge in [0.1, 0.15) is 18.6 Å². The maximum atomic E-state index is 6.12. The van der Waals surface area contributed by atoms with Crippen LogP contribution in [0.5, 0.6) is 0 Å². The smallest absolute Gasteiger partial charge is 0.173 e. The van der Waals surface area contributed by atoms with Gasteiger partial charge in [-0.3, -0.25) is 0 Å². The highest BCUT2D eigenvalue weighted by Crippen LogP contribution is 2.24. The molecule has 0 amide bonds. The lowest BCUT2D eigenvalue weighted by Crippen LogP contribution is -3.00. The van der Waals surface area contributed by atoms with Gasteiger partial charge in [-0.2, -0.15) is 10.2 Å². The van der Waals surface area contributed by atoms with E-state index < -0.39 is 0 Å². The van der Waals surface area contributed by atoms with E-state index in [9.17, 15) is 0 Å². The molecule has 3 aromatic rings. The molecule has 0 radical (unpaired) electrons. The Bertz CT molecular complexity index is 839. The van der Waals surface area contributed by atoms with E-state index in [1.807, 2.05) is 67.3 Å². The Hall–Kier alpha value is -2.54. The molecule has 2 heterocycles. The zero-order valence-corrected chi connectivity index (χ0v) is 15.2. The van der Waals surface area contributed by atoms with Gasteiger partial charge >= 0.3 is 0 Å². The lowest BCUT2D eigenvalue weighted by Gasteiger charge is -2.03. The average Bonchev–Trinajstić information content (AvgIpc) is 2.87. The fourth-order valence-corrected chi connectivity index (χ4v) is 2.23. The van der Waals surface area contributed by atoms with Crippen LogP contribution in [0, 0.1) is 6.92 Å². The molecule has 0 atom stereocenters. The lowest BCUT2D eigenvalue weighted by atomic mass is 10.2. The van der Waals surface area contributed by atoms with Crippen LogP contribution in [0.25, 0.3) is 0 Å². The molecule has 6 nitrogen and oxygen atoms in total. The summed E-state index contributed by atoms with van der Waals surface area (Å²) in [6.07, 6.45) is 5.65. The monoisotopic (exact) mass is 386 g/mol. The molecule has 2 N–H and O–H groups in total. The predicted molar refractivity (Wildman–Crippen MR) is 88.7 cm³/mol. The molecule has 0 saturated carbocycles. The Morgan fingerprint density at radius 3 is 2.62 bits per heavy atom. The Morgan fingerprint density at radius 1 is 1.17 bits per heavy atom. The zero-order chi connectivity index (χ0) is 16.2. The highest BCUT2D eigenvalue weighted by atomic mass is 79.9. The molecule has 2 aromatic heterocycles. The number of nitrogens with zero attached hydrogens (tertiary/aromatic N) is 5. The summed E-state index contributed by atoms with van der Waals surface area (Å²) in [6, 6.07) is 11.9. The SMILES string of the molecule is Cc1ccc(/N=N/c2cnn(Cc3ccc[n+](C)c3)c2N)cc1.[Br-]. The Morgan fingerprint density at radius 2 is 1.92 bits per heavy atom. The first-order valence-electron chi connectivity index (χ1n) is 7.36. The van der Waals surface area contributed by atoms with Gasteiger partial charge in [0.2, 0.25) is 0 Å². The van der Waals surface area contributed by atoms with Crippen LogP contribution in [0.3, 0.4) is 0 Å². The number of rotatable bonds is 4. The molecule has 0 aliphatic rings. The molecule has 0 aliphatic heterocycles. The lowest BCUT2D eigenvalue weighted by molar-refractivity contribution is -0.671. The molecule has 0 saturated heterocycles. The molecule has 0 bridgehead atoms. The van der Waals surface area contributed by atoms with E-state index in [0.29, 0.717) is 18.1 Å². The number of pyridine rings is 1. The van der Waals surface area contributed by atoms with Crippen molar-refractivity contribution in [1.29, 1.82) is 0 Å². The van der Waals surface area contributed by atoms with Crippen LogP contribution in [0.2, 0.25) is 0 Å². The molecule has 0 fully saturated rings. The highest BCUT2D eigenvalue weighted by Gasteiger charge is 2.08. The second-order valence-corrected chi connectivity index (χ2v) is 5.49.